The van der Waals surface area contributed by atoms with Gasteiger partial charge in [-0.1, -0.05) is 58.0 Å². The number of nitrogens with one attached hydrogen (secondary N) is 1. The molecule has 40 heavy (non-hydrogen) atoms. The van der Waals surface area contributed by atoms with E-state index in [0.717, 1.165) is 58.9 Å². The second-order valence-electron chi connectivity index (χ2n) is 12.5. The first-order valence-electron chi connectivity index (χ1n) is 13.9. The Morgan fingerprint density at radius 3 is 2.27 bits per heavy atom. The first-order chi connectivity index (χ1) is 18.8. The zero-order valence-electron chi connectivity index (χ0n) is 24.1. The van der Waals surface area contributed by atoms with Crippen LogP contribution in [0.25, 0.3) is 21.9 Å². The Kier molecular flexibility index (Phi) is 6.89. The summed E-state index contributed by atoms with van der Waals surface area (Å²) in [7, 11) is 0. The average Bonchev–Trinajstić information content (AvgIpc) is 3.26. The van der Waals surface area contributed by atoms with Gasteiger partial charge in [-0.3, -0.25) is 4.79 Å². The fourth-order valence-corrected chi connectivity index (χ4v) is 6.70. The molecule has 0 fully saturated rings. The van der Waals surface area contributed by atoms with Gasteiger partial charge < -0.3 is 19.3 Å². The fourth-order valence-electron chi connectivity index (χ4n) is 6.70. The maximum Gasteiger partial charge on any atom is 0.340 e. The zero-order valence-corrected chi connectivity index (χ0v) is 24.1. The van der Waals surface area contributed by atoms with Crippen LogP contribution in [0.15, 0.2) is 50.0 Å². The number of aliphatic carboxylic acids is 1. The highest BCUT2D eigenvalue weighted by Crippen LogP contribution is 2.42. The first-order valence-corrected chi connectivity index (χ1v) is 13.9. The van der Waals surface area contributed by atoms with Crippen LogP contribution >= 0.6 is 0 Å². The van der Waals surface area contributed by atoms with Crippen molar-refractivity contribution in [1.82, 2.24) is 5.32 Å². The lowest BCUT2D eigenvalue weighted by atomic mass is 9.70. The molecular weight excluding hydrogens is 506 g/mol. The van der Waals surface area contributed by atoms with Gasteiger partial charge in [-0.25, -0.2) is 9.59 Å². The molecule has 7 nitrogen and oxygen atoms in total. The highest BCUT2D eigenvalue weighted by molar-refractivity contribution is 6.00. The Hall–Kier alpha value is -3.87. The van der Waals surface area contributed by atoms with Gasteiger partial charge in [0, 0.05) is 39.3 Å². The van der Waals surface area contributed by atoms with Crippen LogP contribution in [-0.2, 0) is 27.8 Å². The van der Waals surface area contributed by atoms with Crippen molar-refractivity contribution in [2.75, 3.05) is 0 Å². The SMILES string of the molecule is Cc1c(C(C)(C)CC(C)(C)C(=O)NC(C(=O)O)c2ccccc2)c(=O)oc2c(C)c3oc4c(c3cc12)CCCC4. The third-order valence-corrected chi connectivity index (χ3v) is 8.44. The smallest absolute Gasteiger partial charge is 0.340 e. The maximum atomic E-state index is 13.5. The topological polar surface area (TPSA) is 110 Å². The van der Waals surface area contributed by atoms with Crippen molar-refractivity contribution in [1.29, 1.82) is 0 Å². The van der Waals surface area contributed by atoms with Crippen LogP contribution in [-0.4, -0.2) is 17.0 Å². The number of fused-ring (bicyclic) bond motifs is 4. The normalized spacial score (nSPS) is 14.8. The molecule has 5 rings (SSSR count). The van der Waals surface area contributed by atoms with Crippen molar-refractivity contribution in [3.8, 4) is 0 Å². The van der Waals surface area contributed by atoms with Gasteiger partial charge in [-0.2, -0.15) is 0 Å². The minimum absolute atomic E-state index is 0.298. The summed E-state index contributed by atoms with van der Waals surface area (Å²) >= 11 is 0. The van der Waals surface area contributed by atoms with Gasteiger partial charge in [0.15, 0.2) is 6.04 Å². The molecule has 0 spiro atoms. The molecule has 1 aliphatic carbocycles. The second kappa shape index (κ2) is 9.95. The number of carboxylic acids is 1. The number of aryl methyl sites for hydroxylation is 4. The summed E-state index contributed by atoms with van der Waals surface area (Å²) in [5.74, 6) is -0.505. The highest BCUT2D eigenvalue weighted by Gasteiger charge is 2.40. The summed E-state index contributed by atoms with van der Waals surface area (Å²) in [6.07, 6.45) is 4.44. The summed E-state index contributed by atoms with van der Waals surface area (Å²) in [5.41, 5.74) is 3.08. The number of carbonyl (C=O) groups is 2. The number of hydrogen-bond acceptors (Lipinski definition) is 5. The fraction of sp³-hybridized carbons (Fsp3) is 0.424. The summed E-state index contributed by atoms with van der Waals surface area (Å²) in [6, 6.07) is 9.55. The standard InChI is InChI=1S/C33H37NO6/c1-18-22-16-23-21-14-10-11-15-24(21)39-28(23)19(2)27(22)40-30(37)25(18)32(3,4)17-33(5,6)31(38)34-26(29(35)36)20-12-8-7-9-13-20/h7-9,12-13,16,26H,10-11,14-15,17H2,1-6H3,(H,34,38)(H,35,36). The molecular formula is C33H37NO6. The van der Waals surface area contributed by atoms with Crippen molar-refractivity contribution in [2.24, 2.45) is 5.41 Å². The summed E-state index contributed by atoms with van der Waals surface area (Å²) in [4.78, 5) is 39.0. The third kappa shape index (κ3) is 4.72. The molecule has 0 aliphatic heterocycles. The van der Waals surface area contributed by atoms with Crippen molar-refractivity contribution in [3.63, 3.8) is 0 Å². The van der Waals surface area contributed by atoms with E-state index in [2.05, 4.69) is 11.4 Å². The molecule has 0 radical (unpaired) electrons. The Morgan fingerprint density at radius 2 is 1.60 bits per heavy atom. The Morgan fingerprint density at radius 1 is 0.950 bits per heavy atom. The van der Waals surface area contributed by atoms with Crippen molar-refractivity contribution < 1.29 is 23.5 Å². The Labute approximate surface area is 233 Å². The Balaban J connectivity index is 1.52. The lowest BCUT2D eigenvalue weighted by Crippen LogP contribution is -2.45. The predicted octanol–water partition coefficient (Wildman–Crippen LogP) is 6.67. The molecule has 2 N–H and O–H groups in total. The van der Waals surface area contributed by atoms with E-state index in [1.165, 1.54) is 5.56 Å². The van der Waals surface area contributed by atoms with Gasteiger partial charge in [0.1, 0.15) is 16.9 Å². The van der Waals surface area contributed by atoms with Gasteiger partial charge in [-0.05, 0) is 62.1 Å². The van der Waals surface area contributed by atoms with Crippen LogP contribution in [0, 0.1) is 19.3 Å². The van der Waals surface area contributed by atoms with Crippen molar-refractivity contribution >= 4 is 33.8 Å². The molecule has 4 aromatic rings. The van der Waals surface area contributed by atoms with Crippen LogP contribution in [0.1, 0.15) is 86.6 Å². The molecule has 1 aliphatic rings. The summed E-state index contributed by atoms with van der Waals surface area (Å²) < 4.78 is 12.2. The predicted molar refractivity (Wildman–Crippen MR) is 155 cm³/mol. The van der Waals surface area contributed by atoms with Crippen molar-refractivity contribution in [3.05, 3.63) is 80.4 Å². The van der Waals surface area contributed by atoms with E-state index < -0.39 is 34.4 Å². The number of furan rings is 1. The van der Waals surface area contributed by atoms with E-state index in [1.807, 2.05) is 27.7 Å². The number of rotatable bonds is 7. The molecule has 0 saturated carbocycles. The van der Waals surface area contributed by atoms with Crippen molar-refractivity contribution in [2.45, 2.75) is 85.1 Å². The number of hydrogen-bond donors (Lipinski definition) is 2. The molecule has 2 heterocycles. The first kappa shape index (κ1) is 27.7. The van der Waals surface area contributed by atoms with E-state index in [4.69, 9.17) is 8.83 Å². The molecule has 2 aromatic carbocycles. The molecule has 1 unspecified atom stereocenters. The van der Waals surface area contributed by atoms with E-state index in [-0.39, 0.29) is 0 Å². The quantitative estimate of drug-likeness (QED) is 0.252. The third-order valence-electron chi connectivity index (χ3n) is 8.44. The molecule has 1 amide bonds. The minimum atomic E-state index is -1.17. The molecule has 2 aromatic heterocycles. The van der Waals surface area contributed by atoms with E-state index in [0.29, 0.717) is 23.1 Å². The molecule has 0 bridgehead atoms. The van der Waals surface area contributed by atoms with E-state index >= 15 is 0 Å². The second-order valence-corrected chi connectivity index (χ2v) is 12.5. The number of carboxylic acid groups (broad SMARTS) is 1. The van der Waals surface area contributed by atoms with E-state index in [1.54, 1.807) is 44.2 Å². The van der Waals surface area contributed by atoms with Crippen LogP contribution in [0.5, 0.6) is 0 Å². The van der Waals surface area contributed by atoms with Gasteiger partial charge in [0.05, 0.1) is 0 Å². The molecule has 210 valence electrons. The van der Waals surface area contributed by atoms with E-state index in [9.17, 15) is 19.5 Å². The highest BCUT2D eigenvalue weighted by atomic mass is 16.4. The maximum absolute atomic E-state index is 13.5. The van der Waals surface area contributed by atoms with Crippen LogP contribution in [0.2, 0.25) is 0 Å². The monoisotopic (exact) mass is 543 g/mol. The van der Waals surface area contributed by atoms with Crippen LogP contribution < -0.4 is 10.9 Å². The van der Waals surface area contributed by atoms with Gasteiger partial charge in [-0.15, -0.1) is 0 Å². The van der Waals surface area contributed by atoms with Gasteiger partial charge in [0.2, 0.25) is 5.91 Å². The summed E-state index contributed by atoms with van der Waals surface area (Å²) in [5, 5.41) is 14.5. The molecule has 7 heteroatoms. The van der Waals surface area contributed by atoms with Crippen LogP contribution in [0.4, 0.5) is 0 Å². The molecule has 0 saturated heterocycles. The minimum Gasteiger partial charge on any atom is -0.479 e. The number of benzene rings is 2. The average molecular weight is 544 g/mol. The molecule has 1 atom stereocenters. The summed E-state index contributed by atoms with van der Waals surface area (Å²) in [6.45, 7) is 11.3. The number of amides is 1. The zero-order chi connectivity index (χ0) is 29.0. The Bertz CT molecular complexity index is 1690. The van der Waals surface area contributed by atoms with Crippen LogP contribution in [0.3, 0.4) is 0 Å². The lowest BCUT2D eigenvalue weighted by molar-refractivity contribution is -0.144. The van der Waals surface area contributed by atoms with Gasteiger partial charge in [0.25, 0.3) is 0 Å². The largest absolute Gasteiger partial charge is 0.479 e. The number of carbonyl (C=O) groups excluding carboxylic acids is 1. The van der Waals surface area contributed by atoms with Gasteiger partial charge >= 0.3 is 11.6 Å². The lowest BCUT2D eigenvalue weighted by Gasteiger charge is -2.35.